The molecule has 1 aliphatic rings. The molecule has 76 valence electrons. The standard InChI is InChI=1S/C12H16ClN/c1-9-2-3-11(13)8-12(9)10-4-6-14-7-5-10/h2-3,8,10,14H,4-7H2,1H3. The lowest BCUT2D eigenvalue weighted by molar-refractivity contribution is 0.459. The summed E-state index contributed by atoms with van der Waals surface area (Å²) in [6.45, 7) is 4.45. The Morgan fingerprint density at radius 1 is 1.29 bits per heavy atom. The zero-order chi connectivity index (χ0) is 9.97. The fourth-order valence-electron chi connectivity index (χ4n) is 2.18. The van der Waals surface area contributed by atoms with Gasteiger partial charge in [-0.05, 0) is 62.0 Å². The number of hydrogen-bond acceptors (Lipinski definition) is 1. The molecule has 0 aromatic heterocycles. The molecular formula is C12H16ClN. The van der Waals surface area contributed by atoms with Crippen molar-refractivity contribution in [3.8, 4) is 0 Å². The Kier molecular flexibility index (Phi) is 3.09. The van der Waals surface area contributed by atoms with Crippen LogP contribution in [0.5, 0.6) is 0 Å². The summed E-state index contributed by atoms with van der Waals surface area (Å²) >= 11 is 6.02. The van der Waals surface area contributed by atoms with E-state index >= 15 is 0 Å². The summed E-state index contributed by atoms with van der Waals surface area (Å²) in [6, 6.07) is 6.23. The van der Waals surface area contributed by atoms with E-state index in [1.807, 2.05) is 6.07 Å². The van der Waals surface area contributed by atoms with Crippen LogP contribution >= 0.6 is 11.6 Å². The summed E-state index contributed by atoms with van der Waals surface area (Å²) < 4.78 is 0. The molecule has 1 aromatic rings. The molecule has 1 aliphatic heterocycles. The molecule has 1 heterocycles. The van der Waals surface area contributed by atoms with Crippen molar-refractivity contribution in [3.05, 3.63) is 34.3 Å². The van der Waals surface area contributed by atoms with E-state index in [2.05, 4.69) is 24.4 Å². The molecule has 0 aliphatic carbocycles. The highest BCUT2D eigenvalue weighted by molar-refractivity contribution is 6.30. The Balaban J connectivity index is 2.24. The molecule has 0 radical (unpaired) electrons. The first-order valence-electron chi connectivity index (χ1n) is 5.24. The molecule has 14 heavy (non-hydrogen) atoms. The van der Waals surface area contributed by atoms with Crippen LogP contribution in [0, 0.1) is 6.92 Å². The quantitative estimate of drug-likeness (QED) is 0.750. The molecule has 1 nitrogen and oxygen atoms in total. The molecule has 0 unspecified atom stereocenters. The van der Waals surface area contributed by atoms with Gasteiger partial charge in [0.05, 0.1) is 0 Å². The minimum absolute atomic E-state index is 0.704. The van der Waals surface area contributed by atoms with Gasteiger partial charge in [-0.3, -0.25) is 0 Å². The number of rotatable bonds is 1. The molecule has 1 fully saturated rings. The molecule has 1 saturated heterocycles. The molecule has 2 rings (SSSR count). The molecule has 0 bridgehead atoms. The Morgan fingerprint density at radius 2 is 2.00 bits per heavy atom. The first kappa shape index (κ1) is 10.0. The van der Waals surface area contributed by atoms with Crippen LogP contribution in [0.3, 0.4) is 0 Å². The van der Waals surface area contributed by atoms with Crippen molar-refractivity contribution < 1.29 is 0 Å². The van der Waals surface area contributed by atoms with E-state index in [1.165, 1.54) is 24.0 Å². The monoisotopic (exact) mass is 209 g/mol. The maximum atomic E-state index is 6.02. The van der Waals surface area contributed by atoms with E-state index in [0.29, 0.717) is 5.92 Å². The molecule has 0 spiro atoms. The van der Waals surface area contributed by atoms with Gasteiger partial charge in [0.15, 0.2) is 0 Å². The summed E-state index contributed by atoms with van der Waals surface area (Å²) in [5, 5.41) is 4.25. The van der Waals surface area contributed by atoms with Crippen LogP contribution in [-0.2, 0) is 0 Å². The number of aryl methyl sites for hydroxylation is 1. The third-order valence-corrected chi connectivity index (χ3v) is 3.26. The van der Waals surface area contributed by atoms with Crippen LogP contribution in [0.1, 0.15) is 29.9 Å². The minimum Gasteiger partial charge on any atom is -0.317 e. The summed E-state index contributed by atoms with van der Waals surface area (Å²) in [6.07, 6.45) is 2.47. The van der Waals surface area contributed by atoms with Crippen molar-refractivity contribution >= 4 is 11.6 Å². The zero-order valence-electron chi connectivity index (χ0n) is 8.52. The molecule has 0 amide bonds. The fraction of sp³-hybridized carbons (Fsp3) is 0.500. The summed E-state index contributed by atoms with van der Waals surface area (Å²) in [7, 11) is 0. The predicted octanol–water partition coefficient (Wildman–Crippen LogP) is 3.12. The topological polar surface area (TPSA) is 12.0 Å². The van der Waals surface area contributed by atoms with Gasteiger partial charge in [-0.25, -0.2) is 0 Å². The van der Waals surface area contributed by atoms with E-state index in [9.17, 15) is 0 Å². The van der Waals surface area contributed by atoms with Gasteiger partial charge in [-0.2, -0.15) is 0 Å². The highest BCUT2D eigenvalue weighted by Gasteiger charge is 2.16. The average Bonchev–Trinajstić information content (AvgIpc) is 2.23. The lowest BCUT2D eigenvalue weighted by Crippen LogP contribution is -2.26. The van der Waals surface area contributed by atoms with E-state index in [4.69, 9.17) is 11.6 Å². The largest absolute Gasteiger partial charge is 0.317 e. The summed E-state index contributed by atoms with van der Waals surface area (Å²) in [4.78, 5) is 0. The van der Waals surface area contributed by atoms with Crippen LogP contribution in [0.15, 0.2) is 18.2 Å². The molecular weight excluding hydrogens is 194 g/mol. The number of benzene rings is 1. The molecule has 0 atom stereocenters. The molecule has 1 N–H and O–H groups in total. The van der Waals surface area contributed by atoms with Crippen molar-refractivity contribution in [1.29, 1.82) is 0 Å². The third-order valence-electron chi connectivity index (χ3n) is 3.02. The maximum absolute atomic E-state index is 6.02. The maximum Gasteiger partial charge on any atom is 0.0409 e. The smallest absolute Gasteiger partial charge is 0.0409 e. The Hall–Kier alpha value is -0.530. The average molecular weight is 210 g/mol. The number of halogens is 1. The van der Waals surface area contributed by atoms with Gasteiger partial charge >= 0.3 is 0 Å². The van der Waals surface area contributed by atoms with E-state index < -0.39 is 0 Å². The highest BCUT2D eigenvalue weighted by Crippen LogP contribution is 2.29. The summed E-state index contributed by atoms with van der Waals surface area (Å²) in [5.41, 5.74) is 2.82. The lowest BCUT2D eigenvalue weighted by Gasteiger charge is -2.24. The van der Waals surface area contributed by atoms with Crippen molar-refractivity contribution in [2.45, 2.75) is 25.7 Å². The third kappa shape index (κ3) is 2.10. The van der Waals surface area contributed by atoms with Gasteiger partial charge < -0.3 is 5.32 Å². The van der Waals surface area contributed by atoms with Crippen LogP contribution in [0.2, 0.25) is 5.02 Å². The van der Waals surface area contributed by atoms with Gasteiger partial charge in [0.1, 0.15) is 0 Å². The van der Waals surface area contributed by atoms with Crippen LogP contribution in [0.25, 0.3) is 0 Å². The van der Waals surface area contributed by atoms with Crippen LogP contribution < -0.4 is 5.32 Å². The van der Waals surface area contributed by atoms with Crippen molar-refractivity contribution in [2.24, 2.45) is 0 Å². The molecule has 2 heteroatoms. The van der Waals surface area contributed by atoms with Crippen molar-refractivity contribution in [1.82, 2.24) is 5.32 Å². The summed E-state index contributed by atoms with van der Waals surface area (Å²) in [5.74, 6) is 0.704. The zero-order valence-corrected chi connectivity index (χ0v) is 9.27. The van der Waals surface area contributed by atoms with E-state index in [0.717, 1.165) is 18.1 Å². The number of nitrogens with one attached hydrogen (secondary N) is 1. The van der Waals surface area contributed by atoms with Crippen LogP contribution in [-0.4, -0.2) is 13.1 Å². The predicted molar refractivity (Wildman–Crippen MR) is 61.0 cm³/mol. The molecule has 0 saturated carbocycles. The highest BCUT2D eigenvalue weighted by atomic mass is 35.5. The second-order valence-electron chi connectivity index (χ2n) is 4.03. The first-order valence-corrected chi connectivity index (χ1v) is 5.62. The second kappa shape index (κ2) is 4.33. The van der Waals surface area contributed by atoms with Crippen molar-refractivity contribution in [2.75, 3.05) is 13.1 Å². The number of piperidine rings is 1. The Morgan fingerprint density at radius 3 is 2.71 bits per heavy atom. The van der Waals surface area contributed by atoms with Gasteiger partial charge in [0.25, 0.3) is 0 Å². The fourth-order valence-corrected chi connectivity index (χ4v) is 2.36. The van der Waals surface area contributed by atoms with Crippen molar-refractivity contribution in [3.63, 3.8) is 0 Å². The minimum atomic E-state index is 0.704. The SMILES string of the molecule is Cc1ccc(Cl)cc1C1CCNCC1. The van der Waals surface area contributed by atoms with Gasteiger partial charge in [0.2, 0.25) is 0 Å². The lowest BCUT2D eigenvalue weighted by atomic mass is 9.87. The normalized spacial score (nSPS) is 18.4. The van der Waals surface area contributed by atoms with Crippen LogP contribution in [0.4, 0.5) is 0 Å². The van der Waals surface area contributed by atoms with Gasteiger partial charge in [-0.15, -0.1) is 0 Å². The Labute approximate surface area is 90.5 Å². The molecule has 1 aromatic carbocycles. The van der Waals surface area contributed by atoms with E-state index in [1.54, 1.807) is 0 Å². The van der Waals surface area contributed by atoms with Gasteiger partial charge in [-0.1, -0.05) is 17.7 Å². The first-order chi connectivity index (χ1) is 6.77. The number of hydrogen-bond donors (Lipinski definition) is 1. The second-order valence-corrected chi connectivity index (χ2v) is 4.46. The van der Waals surface area contributed by atoms with E-state index in [-0.39, 0.29) is 0 Å². The van der Waals surface area contributed by atoms with Gasteiger partial charge in [0, 0.05) is 5.02 Å². The Bertz CT molecular complexity index is 316.